The average molecular weight is 286 g/mol. The van der Waals surface area contributed by atoms with Crippen molar-refractivity contribution in [2.75, 3.05) is 0 Å². The van der Waals surface area contributed by atoms with Crippen LogP contribution in [0.1, 0.15) is 30.6 Å². The Bertz CT molecular complexity index is 392. The van der Waals surface area contributed by atoms with Crippen molar-refractivity contribution in [1.82, 2.24) is 0 Å². The molecule has 0 bridgehead atoms. The number of carbonyl (C=O) groups is 1. The third-order valence-corrected chi connectivity index (χ3v) is 3.54. The van der Waals surface area contributed by atoms with E-state index in [4.69, 9.17) is 5.26 Å². The Morgan fingerprint density at radius 1 is 1.67 bits per heavy atom. The van der Waals surface area contributed by atoms with E-state index in [9.17, 15) is 4.79 Å². The smallest absolute Gasteiger partial charge is 0.180 e. The topological polar surface area (TPSA) is 40.9 Å². The molecule has 0 spiro atoms. The van der Waals surface area contributed by atoms with Gasteiger partial charge in [0.2, 0.25) is 0 Å². The molecule has 0 fully saturated rings. The van der Waals surface area contributed by atoms with Crippen LogP contribution in [0.3, 0.4) is 0 Å². The van der Waals surface area contributed by atoms with Gasteiger partial charge < -0.3 is 0 Å². The maximum absolute atomic E-state index is 11.9. The lowest BCUT2D eigenvalue weighted by Crippen LogP contribution is -2.14. The van der Waals surface area contributed by atoms with E-state index in [1.165, 1.54) is 11.3 Å². The fourth-order valence-electron chi connectivity index (χ4n) is 1.33. The van der Waals surface area contributed by atoms with E-state index in [1.54, 1.807) is 11.4 Å². The molecule has 1 rings (SSSR count). The van der Waals surface area contributed by atoms with Crippen LogP contribution in [-0.2, 0) is 0 Å². The van der Waals surface area contributed by atoms with E-state index in [0.717, 1.165) is 3.79 Å². The Morgan fingerprint density at radius 3 is 2.73 bits per heavy atom. The second-order valence-corrected chi connectivity index (χ2v) is 6.11. The normalized spacial score (nSPS) is 12.5. The van der Waals surface area contributed by atoms with Gasteiger partial charge in [0.05, 0.1) is 9.86 Å². The fraction of sp³-hybridized carbons (Fsp3) is 0.455. The van der Waals surface area contributed by atoms with Gasteiger partial charge in [0.1, 0.15) is 5.92 Å². The molecular formula is C11H12BrNOS. The minimum absolute atomic E-state index is 0.0619. The summed E-state index contributed by atoms with van der Waals surface area (Å²) in [6.07, 6.45) is 0.628. The number of hydrogen-bond acceptors (Lipinski definition) is 3. The maximum atomic E-state index is 11.9. The van der Waals surface area contributed by atoms with E-state index in [-0.39, 0.29) is 5.78 Å². The molecule has 0 aliphatic heterocycles. The summed E-state index contributed by atoms with van der Waals surface area (Å²) < 4.78 is 0.923. The number of hydrogen-bond donors (Lipinski definition) is 0. The van der Waals surface area contributed by atoms with E-state index in [1.807, 2.05) is 13.8 Å². The van der Waals surface area contributed by atoms with Gasteiger partial charge in [0.15, 0.2) is 5.78 Å². The second kappa shape index (κ2) is 5.43. The first kappa shape index (κ1) is 12.4. The van der Waals surface area contributed by atoms with Crippen LogP contribution in [0.15, 0.2) is 15.2 Å². The minimum atomic E-state index is -0.508. The maximum Gasteiger partial charge on any atom is 0.180 e. The minimum Gasteiger partial charge on any atom is -0.293 e. The summed E-state index contributed by atoms with van der Waals surface area (Å²) >= 11 is 4.77. The molecule has 80 valence electrons. The van der Waals surface area contributed by atoms with Crippen LogP contribution in [0.2, 0.25) is 0 Å². The van der Waals surface area contributed by atoms with Crippen LogP contribution in [0, 0.1) is 23.2 Å². The highest BCUT2D eigenvalue weighted by Gasteiger charge is 2.21. The standard InChI is InChI=1S/C11H12BrNOS/c1-7(2)3-8(5-13)11(14)9-4-10(12)15-6-9/h4,6-8H,3H2,1-2H3. The molecule has 0 saturated heterocycles. The van der Waals surface area contributed by atoms with E-state index >= 15 is 0 Å². The lowest BCUT2D eigenvalue weighted by molar-refractivity contribution is 0.0937. The van der Waals surface area contributed by atoms with Gasteiger partial charge in [0.25, 0.3) is 0 Å². The molecule has 0 radical (unpaired) electrons. The van der Waals surface area contributed by atoms with Crippen molar-refractivity contribution >= 4 is 33.0 Å². The molecular weight excluding hydrogens is 274 g/mol. The Morgan fingerprint density at radius 2 is 2.33 bits per heavy atom. The second-order valence-electron chi connectivity index (χ2n) is 3.81. The monoisotopic (exact) mass is 285 g/mol. The SMILES string of the molecule is CC(C)CC(C#N)C(=O)c1csc(Br)c1. The number of Topliss-reactive ketones (excluding diaryl/α,β-unsaturated/α-hetero) is 1. The molecule has 1 unspecified atom stereocenters. The van der Waals surface area contributed by atoms with Gasteiger partial charge in [-0.25, -0.2) is 0 Å². The Hall–Kier alpha value is -0.660. The van der Waals surface area contributed by atoms with Gasteiger partial charge >= 0.3 is 0 Å². The molecule has 1 aromatic heterocycles. The summed E-state index contributed by atoms with van der Waals surface area (Å²) in [6.45, 7) is 4.03. The van der Waals surface area contributed by atoms with Crippen LogP contribution < -0.4 is 0 Å². The molecule has 2 nitrogen and oxygen atoms in total. The number of nitrogens with zero attached hydrogens (tertiary/aromatic N) is 1. The summed E-state index contributed by atoms with van der Waals surface area (Å²) in [5.41, 5.74) is 0.638. The summed E-state index contributed by atoms with van der Waals surface area (Å²) in [5.74, 6) is -0.208. The van der Waals surface area contributed by atoms with Crippen molar-refractivity contribution in [1.29, 1.82) is 5.26 Å². The van der Waals surface area contributed by atoms with Gasteiger partial charge in [-0.3, -0.25) is 4.79 Å². The number of nitriles is 1. The lowest BCUT2D eigenvalue weighted by atomic mass is 9.92. The number of thiophene rings is 1. The predicted octanol–water partition coefficient (Wildman–Crippen LogP) is 3.88. The third kappa shape index (κ3) is 3.44. The molecule has 0 amide bonds. The highest BCUT2D eigenvalue weighted by atomic mass is 79.9. The quantitative estimate of drug-likeness (QED) is 0.788. The van der Waals surface area contributed by atoms with Crippen molar-refractivity contribution < 1.29 is 4.79 Å². The summed E-state index contributed by atoms with van der Waals surface area (Å²) in [4.78, 5) is 11.9. The van der Waals surface area contributed by atoms with Crippen molar-refractivity contribution in [2.24, 2.45) is 11.8 Å². The van der Waals surface area contributed by atoms with Gasteiger partial charge in [-0.15, -0.1) is 11.3 Å². The Labute approximate surface area is 102 Å². The number of rotatable bonds is 4. The largest absolute Gasteiger partial charge is 0.293 e. The molecule has 1 aromatic rings. The first-order valence-corrected chi connectivity index (χ1v) is 6.39. The molecule has 4 heteroatoms. The van der Waals surface area contributed by atoms with Crippen LogP contribution >= 0.6 is 27.3 Å². The summed E-state index contributed by atoms with van der Waals surface area (Å²) in [6, 6.07) is 3.86. The zero-order chi connectivity index (χ0) is 11.4. The highest BCUT2D eigenvalue weighted by Crippen LogP contribution is 2.24. The van der Waals surface area contributed by atoms with Gasteiger partial charge in [0, 0.05) is 10.9 Å². The fourth-order valence-corrected chi connectivity index (χ4v) is 2.48. The predicted molar refractivity (Wildman–Crippen MR) is 64.9 cm³/mol. The molecule has 1 atom stereocenters. The van der Waals surface area contributed by atoms with E-state index in [0.29, 0.717) is 17.9 Å². The van der Waals surface area contributed by atoms with Crippen molar-refractivity contribution in [3.63, 3.8) is 0 Å². The van der Waals surface area contributed by atoms with Gasteiger partial charge in [-0.05, 0) is 34.3 Å². The first-order valence-electron chi connectivity index (χ1n) is 4.72. The molecule has 1 heterocycles. The lowest BCUT2D eigenvalue weighted by Gasteiger charge is -2.09. The van der Waals surface area contributed by atoms with Crippen molar-refractivity contribution in [3.05, 3.63) is 20.8 Å². The van der Waals surface area contributed by atoms with Crippen LogP contribution in [0.25, 0.3) is 0 Å². The van der Waals surface area contributed by atoms with Gasteiger partial charge in [-0.1, -0.05) is 13.8 Å². The van der Waals surface area contributed by atoms with Crippen molar-refractivity contribution in [2.45, 2.75) is 20.3 Å². The molecule has 0 aromatic carbocycles. The number of ketones is 1. The van der Waals surface area contributed by atoms with Crippen LogP contribution in [-0.4, -0.2) is 5.78 Å². The summed E-state index contributed by atoms with van der Waals surface area (Å²) in [5, 5.41) is 10.7. The van der Waals surface area contributed by atoms with E-state index in [2.05, 4.69) is 22.0 Å². The van der Waals surface area contributed by atoms with E-state index < -0.39 is 5.92 Å². The van der Waals surface area contributed by atoms with Crippen molar-refractivity contribution in [3.8, 4) is 6.07 Å². The number of halogens is 1. The number of carbonyl (C=O) groups excluding carboxylic acids is 1. The molecule has 15 heavy (non-hydrogen) atoms. The highest BCUT2D eigenvalue weighted by molar-refractivity contribution is 9.11. The third-order valence-electron chi connectivity index (χ3n) is 2.03. The Kier molecular flexibility index (Phi) is 4.49. The zero-order valence-electron chi connectivity index (χ0n) is 8.66. The van der Waals surface area contributed by atoms with Crippen LogP contribution in [0.5, 0.6) is 0 Å². The van der Waals surface area contributed by atoms with Crippen LogP contribution in [0.4, 0.5) is 0 Å². The first-order chi connectivity index (χ1) is 7.04. The summed E-state index contributed by atoms with van der Waals surface area (Å²) in [7, 11) is 0. The average Bonchev–Trinajstić information content (AvgIpc) is 2.60. The Balaban J connectivity index is 2.79. The molecule has 0 saturated carbocycles. The molecule has 0 aliphatic rings. The molecule has 0 N–H and O–H groups in total. The zero-order valence-corrected chi connectivity index (χ0v) is 11.1. The van der Waals surface area contributed by atoms with Gasteiger partial charge in [-0.2, -0.15) is 5.26 Å². The molecule has 0 aliphatic carbocycles.